The van der Waals surface area contributed by atoms with E-state index in [-0.39, 0.29) is 30.7 Å². The second-order valence-electron chi connectivity index (χ2n) is 4.33. The zero-order chi connectivity index (χ0) is 13.0. The van der Waals surface area contributed by atoms with Crippen LogP contribution in [0.15, 0.2) is 24.5 Å². The van der Waals surface area contributed by atoms with Crippen LogP contribution >= 0.6 is 24.8 Å². The van der Waals surface area contributed by atoms with E-state index in [0.717, 1.165) is 11.3 Å². The van der Waals surface area contributed by atoms with E-state index in [0.29, 0.717) is 19.5 Å². The highest BCUT2D eigenvalue weighted by atomic mass is 35.5. The highest BCUT2D eigenvalue weighted by molar-refractivity contribution is 5.85. The lowest BCUT2D eigenvalue weighted by Gasteiger charge is -2.01. The van der Waals surface area contributed by atoms with Gasteiger partial charge in [0.05, 0.1) is 12.2 Å². The van der Waals surface area contributed by atoms with Gasteiger partial charge in [0.15, 0.2) is 0 Å². The standard InChI is InChI=1S/C13H18N4O.2ClH/c1-10-3-4-12-16-11(9-17(12)8-10)7-15-13(18)5-6-14-2;;/h3-4,8-9,14H,5-7H2,1-2H3,(H,15,18);2*1H. The first-order chi connectivity index (χ1) is 8.69. The summed E-state index contributed by atoms with van der Waals surface area (Å²) in [5.41, 5.74) is 2.96. The Kier molecular flexibility index (Phi) is 8.22. The molecular weight excluding hydrogens is 299 g/mol. The van der Waals surface area contributed by atoms with Gasteiger partial charge in [0.2, 0.25) is 5.91 Å². The van der Waals surface area contributed by atoms with Crippen molar-refractivity contribution in [1.29, 1.82) is 0 Å². The first-order valence-electron chi connectivity index (χ1n) is 6.04. The Hall–Kier alpha value is -1.30. The molecule has 0 unspecified atom stereocenters. The lowest BCUT2D eigenvalue weighted by molar-refractivity contribution is -0.121. The number of fused-ring (bicyclic) bond motifs is 1. The van der Waals surface area contributed by atoms with E-state index in [9.17, 15) is 4.79 Å². The molecule has 2 heterocycles. The van der Waals surface area contributed by atoms with Crippen LogP contribution in [0.25, 0.3) is 5.65 Å². The number of rotatable bonds is 5. The van der Waals surface area contributed by atoms with Crippen LogP contribution in [0, 0.1) is 6.92 Å². The molecule has 0 aliphatic heterocycles. The minimum atomic E-state index is 0. The average molecular weight is 319 g/mol. The second kappa shape index (κ2) is 8.79. The maximum absolute atomic E-state index is 11.5. The topological polar surface area (TPSA) is 58.4 Å². The zero-order valence-electron chi connectivity index (χ0n) is 11.5. The third-order valence-corrected chi connectivity index (χ3v) is 2.72. The third kappa shape index (κ3) is 5.00. The Morgan fingerprint density at radius 2 is 2.05 bits per heavy atom. The van der Waals surface area contributed by atoms with Gasteiger partial charge in [0.1, 0.15) is 5.65 Å². The highest BCUT2D eigenvalue weighted by Gasteiger charge is 2.04. The summed E-state index contributed by atoms with van der Waals surface area (Å²) in [5, 5.41) is 5.80. The molecule has 1 amide bonds. The molecule has 20 heavy (non-hydrogen) atoms. The van der Waals surface area contributed by atoms with Crippen molar-refractivity contribution < 1.29 is 4.79 Å². The lowest BCUT2D eigenvalue weighted by Crippen LogP contribution is -2.26. The minimum Gasteiger partial charge on any atom is -0.350 e. The van der Waals surface area contributed by atoms with Gasteiger partial charge in [-0.3, -0.25) is 4.79 Å². The van der Waals surface area contributed by atoms with Crippen molar-refractivity contribution in [3.05, 3.63) is 35.8 Å². The van der Waals surface area contributed by atoms with Crippen LogP contribution in [-0.2, 0) is 11.3 Å². The number of amides is 1. The minimum absolute atomic E-state index is 0. The van der Waals surface area contributed by atoms with Crippen molar-refractivity contribution in [3.8, 4) is 0 Å². The summed E-state index contributed by atoms with van der Waals surface area (Å²) in [4.78, 5) is 15.9. The molecule has 0 aromatic carbocycles. The predicted octanol–water partition coefficient (Wildman–Crippen LogP) is 1.71. The average Bonchev–Trinajstić information content (AvgIpc) is 2.75. The Morgan fingerprint density at radius 3 is 2.75 bits per heavy atom. The molecule has 2 aromatic heterocycles. The Balaban J connectivity index is 0.00000180. The van der Waals surface area contributed by atoms with Crippen LogP contribution in [0.4, 0.5) is 0 Å². The molecule has 0 radical (unpaired) electrons. The number of pyridine rings is 1. The third-order valence-electron chi connectivity index (χ3n) is 2.72. The number of halogens is 2. The summed E-state index contributed by atoms with van der Waals surface area (Å²) in [5.74, 6) is 0.0394. The first-order valence-corrected chi connectivity index (χ1v) is 6.04. The maximum Gasteiger partial charge on any atom is 0.221 e. The summed E-state index contributed by atoms with van der Waals surface area (Å²) in [6, 6.07) is 4.00. The predicted molar refractivity (Wildman–Crippen MR) is 84.8 cm³/mol. The van der Waals surface area contributed by atoms with Crippen LogP contribution in [0.2, 0.25) is 0 Å². The van der Waals surface area contributed by atoms with Crippen molar-refractivity contribution >= 4 is 36.4 Å². The van der Waals surface area contributed by atoms with Crippen LogP contribution in [-0.4, -0.2) is 28.9 Å². The Bertz CT molecular complexity index is 556. The van der Waals surface area contributed by atoms with Crippen LogP contribution in [0.3, 0.4) is 0 Å². The van der Waals surface area contributed by atoms with Crippen molar-refractivity contribution in [2.75, 3.05) is 13.6 Å². The van der Waals surface area contributed by atoms with Gasteiger partial charge >= 0.3 is 0 Å². The van der Waals surface area contributed by atoms with E-state index in [1.807, 2.05) is 42.9 Å². The molecule has 2 N–H and O–H groups in total. The van der Waals surface area contributed by atoms with Gasteiger partial charge in [0.25, 0.3) is 0 Å². The molecule has 0 aliphatic carbocycles. The molecular formula is C13H20Cl2N4O. The smallest absolute Gasteiger partial charge is 0.221 e. The van der Waals surface area contributed by atoms with Crippen molar-refractivity contribution in [2.45, 2.75) is 19.9 Å². The number of aryl methyl sites for hydroxylation is 1. The number of carbonyl (C=O) groups excluding carboxylic acids is 1. The molecule has 7 heteroatoms. The van der Waals surface area contributed by atoms with Crippen molar-refractivity contribution in [3.63, 3.8) is 0 Å². The van der Waals surface area contributed by atoms with Gasteiger partial charge in [-0.1, -0.05) is 6.07 Å². The monoisotopic (exact) mass is 318 g/mol. The molecule has 112 valence electrons. The summed E-state index contributed by atoms with van der Waals surface area (Å²) in [6.07, 6.45) is 4.46. The fraction of sp³-hybridized carbons (Fsp3) is 0.385. The fourth-order valence-corrected chi connectivity index (χ4v) is 1.76. The van der Waals surface area contributed by atoms with Crippen molar-refractivity contribution in [1.82, 2.24) is 20.0 Å². The van der Waals surface area contributed by atoms with Crippen molar-refractivity contribution in [2.24, 2.45) is 0 Å². The van der Waals surface area contributed by atoms with E-state index in [2.05, 4.69) is 15.6 Å². The maximum atomic E-state index is 11.5. The van der Waals surface area contributed by atoms with E-state index in [4.69, 9.17) is 0 Å². The SMILES string of the molecule is CNCCC(=O)NCc1cn2cc(C)ccc2n1.Cl.Cl. The molecule has 0 saturated carbocycles. The molecule has 5 nitrogen and oxygen atoms in total. The molecule has 0 saturated heterocycles. The Labute approximate surface area is 131 Å². The fourth-order valence-electron chi connectivity index (χ4n) is 1.76. The van der Waals surface area contributed by atoms with Gasteiger partial charge in [-0.15, -0.1) is 24.8 Å². The van der Waals surface area contributed by atoms with Gasteiger partial charge < -0.3 is 15.0 Å². The van der Waals surface area contributed by atoms with Gasteiger partial charge in [-0.05, 0) is 25.6 Å². The number of hydrogen-bond donors (Lipinski definition) is 2. The largest absolute Gasteiger partial charge is 0.350 e. The molecule has 0 atom stereocenters. The molecule has 0 fully saturated rings. The quantitative estimate of drug-likeness (QED) is 0.882. The second-order valence-corrected chi connectivity index (χ2v) is 4.33. The molecule has 2 aromatic rings. The molecule has 0 spiro atoms. The van der Waals surface area contributed by atoms with Crippen LogP contribution < -0.4 is 10.6 Å². The summed E-state index contributed by atoms with van der Waals surface area (Å²) in [6.45, 7) is 3.21. The van der Waals surface area contributed by atoms with Gasteiger partial charge in [-0.2, -0.15) is 0 Å². The number of aromatic nitrogens is 2. The van der Waals surface area contributed by atoms with E-state index in [1.165, 1.54) is 5.56 Å². The summed E-state index contributed by atoms with van der Waals surface area (Å²) >= 11 is 0. The lowest BCUT2D eigenvalue weighted by atomic mass is 10.3. The molecule has 0 aliphatic rings. The van der Waals surface area contributed by atoms with E-state index in [1.54, 1.807) is 0 Å². The Morgan fingerprint density at radius 1 is 1.30 bits per heavy atom. The van der Waals surface area contributed by atoms with E-state index < -0.39 is 0 Å². The molecule has 2 rings (SSSR count). The zero-order valence-corrected chi connectivity index (χ0v) is 13.2. The number of nitrogens with zero attached hydrogens (tertiary/aromatic N) is 2. The van der Waals surface area contributed by atoms with Gasteiger partial charge in [0, 0.05) is 25.4 Å². The van der Waals surface area contributed by atoms with Gasteiger partial charge in [-0.25, -0.2) is 4.98 Å². The number of hydrogen-bond acceptors (Lipinski definition) is 3. The highest BCUT2D eigenvalue weighted by Crippen LogP contribution is 2.07. The van der Waals surface area contributed by atoms with E-state index >= 15 is 0 Å². The number of imidazole rings is 1. The molecule has 0 bridgehead atoms. The number of nitrogens with one attached hydrogen (secondary N) is 2. The number of carbonyl (C=O) groups is 1. The summed E-state index contributed by atoms with van der Waals surface area (Å²) < 4.78 is 1.98. The normalized spacial score (nSPS) is 9.70. The van der Waals surface area contributed by atoms with Crippen LogP contribution in [0.5, 0.6) is 0 Å². The summed E-state index contributed by atoms with van der Waals surface area (Å²) in [7, 11) is 1.83. The van der Waals surface area contributed by atoms with Crippen LogP contribution in [0.1, 0.15) is 17.7 Å². The first kappa shape index (κ1) is 18.7.